The van der Waals surface area contributed by atoms with Crippen LogP contribution >= 0.6 is 0 Å². The summed E-state index contributed by atoms with van der Waals surface area (Å²) in [5.74, 6) is 0. The maximum absolute atomic E-state index is 8.12. The highest BCUT2D eigenvalue weighted by Gasteiger charge is 2.46. The molecule has 1 N–H and O–H groups in total. The number of nitrogens with one attached hydrogen (secondary N) is 1. The number of nitrogens with zero attached hydrogens (tertiary/aromatic N) is 1. The summed E-state index contributed by atoms with van der Waals surface area (Å²) in [7, 11) is 0. The molecule has 1 rings (SSSR count). The van der Waals surface area contributed by atoms with Gasteiger partial charge < -0.3 is 5.41 Å². The highest BCUT2D eigenvalue weighted by Crippen LogP contribution is 2.37. The molecule has 1 aliphatic heterocycles. The Balaban J connectivity index is 3.03. The van der Waals surface area contributed by atoms with Crippen LogP contribution in [0, 0.1) is 5.41 Å². The molecule has 0 aromatic rings. The van der Waals surface area contributed by atoms with Crippen molar-refractivity contribution in [3.8, 4) is 0 Å². The summed E-state index contributed by atoms with van der Waals surface area (Å²) in [6.07, 6.45) is 3.10. The molecule has 0 unspecified atom stereocenters. The molecule has 1 aliphatic rings. The van der Waals surface area contributed by atoms with Crippen LogP contribution in [0.25, 0.3) is 0 Å². The Labute approximate surface area is 88.2 Å². The molecule has 0 saturated carbocycles. The standard InChI is InChI=1S/C12H24N2/c1-6-12(7-2)10(13)8-9-14(12)11(3,4)5/h13H,6-9H2,1-5H3. The van der Waals surface area contributed by atoms with E-state index in [0.717, 1.165) is 31.5 Å². The van der Waals surface area contributed by atoms with E-state index >= 15 is 0 Å². The van der Waals surface area contributed by atoms with Gasteiger partial charge in [-0.05, 0) is 40.0 Å². The van der Waals surface area contributed by atoms with Crippen molar-refractivity contribution in [2.24, 2.45) is 0 Å². The number of hydrogen-bond acceptors (Lipinski definition) is 2. The van der Waals surface area contributed by atoms with Gasteiger partial charge in [0.1, 0.15) is 0 Å². The summed E-state index contributed by atoms with van der Waals surface area (Å²) in [6.45, 7) is 12.2. The summed E-state index contributed by atoms with van der Waals surface area (Å²) in [6, 6.07) is 0. The van der Waals surface area contributed by atoms with Crippen molar-refractivity contribution in [1.82, 2.24) is 4.90 Å². The second kappa shape index (κ2) is 3.65. The number of likely N-dealkylation sites (tertiary alicyclic amines) is 1. The van der Waals surface area contributed by atoms with Gasteiger partial charge in [-0.15, -0.1) is 0 Å². The molecule has 2 nitrogen and oxygen atoms in total. The molecule has 1 fully saturated rings. The van der Waals surface area contributed by atoms with Gasteiger partial charge in [0, 0.05) is 17.8 Å². The maximum atomic E-state index is 8.12. The Hall–Kier alpha value is -0.370. The number of hydrogen-bond donors (Lipinski definition) is 1. The lowest BCUT2D eigenvalue weighted by Gasteiger charge is -2.45. The van der Waals surface area contributed by atoms with E-state index in [1.807, 2.05) is 0 Å². The molecule has 0 radical (unpaired) electrons. The Morgan fingerprint density at radius 2 is 1.79 bits per heavy atom. The molecule has 1 heterocycles. The first-order chi connectivity index (χ1) is 6.38. The van der Waals surface area contributed by atoms with Crippen molar-refractivity contribution >= 4 is 5.71 Å². The van der Waals surface area contributed by atoms with Crippen LogP contribution in [-0.4, -0.2) is 28.2 Å². The van der Waals surface area contributed by atoms with Crippen LogP contribution in [0.5, 0.6) is 0 Å². The van der Waals surface area contributed by atoms with Crippen LogP contribution in [0.1, 0.15) is 53.9 Å². The molecule has 0 atom stereocenters. The van der Waals surface area contributed by atoms with Gasteiger partial charge in [0.15, 0.2) is 0 Å². The molecule has 0 amide bonds. The summed E-state index contributed by atoms with van der Waals surface area (Å²) in [4.78, 5) is 2.52. The second-order valence-electron chi connectivity index (χ2n) is 5.29. The molecule has 0 spiro atoms. The first-order valence-corrected chi connectivity index (χ1v) is 5.74. The van der Waals surface area contributed by atoms with E-state index in [2.05, 4.69) is 39.5 Å². The van der Waals surface area contributed by atoms with E-state index in [-0.39, 0.29) is 11.1 Å². The molecule has 0 aromatic carbocycles. The zero-order chi connectivity index (χ0) is 11.0. The van der Waals surface area contributed by atoms with Gasteiger partial charge in [-0.1, -0.05) is 13.8 Å². The minimum absolute atomic E-state index is 0.0538. The predicted molar refractivity (Wildman–Crippen MR) is 62.1 cm³/mol. The zero-order valence-electron chi connectivity index (χ0n) is 10.3. The molecule has 0 aliphatic carbocycles. The minimum Gasteiger partial charge on any atom is -0.308 e. The molecule has 1 saturated heterocycles. The minimum atomic E-state index is 0.0538. The molecule has 0 aromatic heterocycles. The lowest BCUT2D eigenvalue weighted by molar-refractivity contribution is 0.0644. The Morgan fingerprint density at radius 3 is 2.07 bits per heavy atom. The molecular weight excluding hydrogens is 172 g/mol. The summed E-state index contributed by atoms with van der Waals surface area (Å²) < 4.78 is 0. The Kier molecular flexibility index (Phi) is 3.05. The van der Waals surface area contributed by atoms with Crippen LogP contribution in [-0.2, 0) is 0 Å². The van der Waals surface area contributed by atoms with Crippen molar-refractivity contribution in [3.63, 3.8) is 0 Å². The van der Waals surface area contributed by atoms with Gasteiger partial charge >= 0.3 is 0 Å². The zero-order valence-corrected chi connectivity index (χ0v) is 10.3. The number of rotatable bonds is 2. The normalized spacial score (nSPS) is 23.1. The van der Waals surface area contributed by atoms with Gasteiger partial charge in [0.2, 0.25) is 0 Å². The molecule has 14 heavy (non-hydrogen) atoms. The van der Waals surface area contributed by atoms with Gasteiger partial charge in [-0.2, -0.15) is 0 Å². The third-order valence-electron chi connectivity index (χ3n) is 3.64. The van der Waals surface area contributed by atoms with Gasteiger partial charge in [-0.25, -0.2) is 0 Å². The maximum Gasteiger partial charge on any atom is 0.0586 e. The molecular formula is C12H24N2. The largest absolute Gasteiger partial charge is 0.308 e. The van der Waals surface area contributed by atoms with Crippen molar-refractivity contribution in [3.05, 3.63) is 0 Å². The van der Waals surface area contributed by atoms with Crippen LogP contribution < -0.4 is 0 Å². The Morgan fingerprint density at radius 1 is 1.29 bits per heavy atom. The highest BCUT2D eigenvalue weighted by atomic mass is 15.3. The lowest BCUT2D eigenvalue weighted by Crippen LogP contribution is -2.55. The van der Waals surface area contributed by atoms with Crippen molar-refractivity contribution < 1.29 is 0 Å². The first-order valence-electron chi connectivity index (χ1n) is 5.74. The van der Waals surface area contributed by atoms with Gasteiger partial charge in [-0.3, -0.25) is 4.90 Å². The predicted octanol–water partition coefficient (Wildman–Crippen LogP) is 3.07. The molecule has 0 bridgehead atoms. The fourth-order valence-corrected chi connectivity index (χ4v) is 2.87. The third-order valence-corrected chi connectivity index (χ3v) is 3.64. The first kappa shape index (κ1) is 11.7. The monoisotopic (exact) mass is 196 g/mol. The average molecular weight is 196 g/mol. The van der Waals surface area contributed by atoms with Crippen LogP contribution in [0.2, 0.25) is 0 Å². The lowest BCUT2D eigenvalue weighted by atomic mass is 9.85. The van der Waals surface area contributed by atoms with E-state index < -0.39 is 0 Å². The topological polar surface area (TPSA) is 27.1 Å². The SMILES string of the molecule is CCC1(CC)C(=N)CCN1C(C)(C)C. The smallest absolute Gasteiger partial charge is 0.0586 e. The van der Waals surface area contributed by atoms with E-state index in [0.29, 0.717) is 0 Å². The summed E-state index contributed by atoms with van der Waals surface area (Å²) in [5.41, 5.74) is 1.19. The fraction of sp³-hybridized carbons (Fsp3) is 0.917. The molecule has 2 heteroatoms. The Bertz CT molecular complexity index is 221. The van der Waals surface area contributed by atoms with Crippen molar-refractivity contribution in [1.29, 1.82) is 5.41 Å². The van der Waals surface area contributed by atoms with Crippen LogP contribution in [0.3, 0.4) is 0 Å². The van der Waals surface area contributed by atoms with Crippen LogP contribution in [0.15, 0.2) is 0 Å². The van der Waals surface area contributed by atoms with E-state index in [4.69, 9.17) is 5.41 Å². The quantitative estimate of drug-likeness (QED) is 0.722. The van der Waals surface area contributed by atoms with E-state index in [9.17, 15) is 0 Å². The van der Waals surface area contributed by atoms with Gasteiger partial charge in [0.25, 0.3) is 0 Å². The van der Waals surface area contributed by atoms with E-state index in [1.165, 1.54) is 0 Å². The molecule has 82 valence electrons. The highest BCUT2D eigenvalue weighted by molar-refractivity contribution is 5.93. The van der Waals surface area contributed by atoms with Gasteiger partial charge in [0.05, 0.1) is 5.54 Å². The van der Waals surface area contributed by atoms with Crippen LogP contribution in [0.4, 0.5) is 0 Å². The summed E-state index contributed by atoms with van der Waals surface area (Å²) >= 11 is 0. The van der Waals surface area contributed by atoms with Crippen molar-refractivity contribution in [2.45, 2.75) is 65.0 Å². The third kappa shape index (κ3) is 1.60. The summed E-state index contributed by atoms with van der Waals surface area (Å²) in [5, 5.41) is 8.12. The van der Waals surface area contributed by atoms with Crippen molar-refractivity contribution in [2.75, 3.05) is 6.54 Å². The average Bonchev–Trinajstić information content (AvgIpc) is 2.42. The fourth-order valence-electron chi connectivity index (χ4n) is 2.87. The van der Waals surface area contributed by atoms with E-state index in [1.54, 1.807) is 0 Å². The second-order valence-corrected chi connectivity index (χ2v) is 5.29.